The van der Waals surface area contributed by atoms with Gasteiger partial charge in [-0.15, -0.1) is 0 Å². The Morgan fingerprint density at radius 3 is 2.29 bits per heavy atom. The summed E-state index contributed by atoms with van der Waals surface area (Å²) in [6.45, 7) is 2.65. The normalized spacial score (nSPS) is 16.6. The van der Waals surface area contributed by atoms with Gasteiger partial charge in [0, 0.05) is 49.7 Å². The summed E-state index contributed by atoms with van der Waals surface area (Å²) >= 11 is 5.98. The minimum Gasteiger partial charge on any atom is -0.438 e. The predicted octanol–water partition coefficient (Wildman–Crippen LogP) is 5.12. The van der Waals surface area contributed by atoms with Gasteiger partial charge in [0.2, 0.25) is 17.7 Å². The molecule has 9 heteroatoms. The predicted molar refractivity (Wildman–Crippen MR) is 157 cm³/mol. The molecule has 0 unspecified atom stereocenters. The zero-order chi connectivity index (χ0) is 28.6. The second-order valence-corrected chi connectivity index (χ2v) is 11.0. The molecule has 0 bridgehead atoms. The van der Waals surface area contributed by atoms with Crippen molar-refractivity contribution >= 4 is 29.3 Å². The van der Waals surface area contributed by atoms with Crippen molar-refractivity contribution in [2.45, 2.75) is 44.6 Å². The van der Waals surface area contributed by atoms with Crippen LogP contribution in [0, 0.1) is 5.92 Å². The third-order valence-corrected chi connectivity index (χ3v) is 8.01. The number of carbonyl (C=O) groups excluding carboxylic acids is 3. The lowest BCUT2D eigenvalue weighted by atomic mass is 9.93. The van der Waals surface area contributed by atoms with Crippen LogP contribution in [0.1, 0.15) is 48.0 Å². The number of nitrogens with one attached hydrogen (secondary N) is 1. The number of pyridine rings is 1. The number of nitrogens with zero attached hydrogens (tertiary/aromatic N) is 3. The van der Waals surface area contributed by atoms with Crippen LogP contribution < -0.4 is 10.1 Å². The molecule has 0 saturated carbocycles. The van der Waals surface area contributed by atoms with Crippen molar-refractivity contribution in [2.24, 2.45) is 5.92 Å². The molecule has 0 spiro atoms. The topological polar surface area (TPSA) is 91.8 Å². The number of rotatable bonds is 8. The lowest BCUT2D eigenvalue weighted by molar-refractivity contribution is -0.142. The average molecular weight is 575 g/mol. The van der Waals surface area contributed by atoms with E-state index in [1.165, 1.54) is 6.42 Å². The molecule has 2 aromatic carbocycles. The van der Waals surface area contributed by atoms with Gasteiger partial charge >= 0.3 is 0 Å². The van der Waals surface area contributed by atoms with Crippen molar-refractivity contribution in [3.8, 4) is 11.6 Å². The van der Waals surface area contributed by atoms with Crippen molar-refractivity contribution < 1.29 is 19.1 Å². The molecule has 1 aromatic heterocycles. The number of hydrogen-bond donors (Lipinski definition) is 1. The molecule has 3 heterocycles. The Bertz CT molecular complexity index is 1340. The van der Waals surface area contributed by atoms with Gasteiger partial charge < -0.3 is 19.9 Å². The Hall–Kier alpha value is -3.91. The second-order valence-electron chi connectivity index (χ2n) is 10.6. The minimum atomic E-state index is -0.789. The maximum Gasteiger partial charge on any atom is 0.257 e. The van der Waals surface area contributed by atoms with Gasteiger partial charge in [0.15, 0.2) is 0 Å². The molecule has 3 aromatic rings. The van der Waals surface area contributed by atoms with Gasteiger partial charge in [-0.3, -0.25) is 14.4 Å². The molecule has 5 rings (SSSR count). The van der Waals surface area contributed by atoms with Gasteiger partial charge in [0.1, 0.15) is 17.4 Å². The number of ether oxygens (including phenoxy) is 1. The molecule has 1 atom stereocenters. The summed E-state index contributed by atoms with van der Waals surface area (Å²) in [5, 5.41) is 3.52. The van der Waals surface area contributed by atoms with Gasteiger partial charge in [0.25, 0.3) is 5.91 Å². The molecule has 1 N–H and O–H groups in total. The highest BCUT2D eigenvalue weighted by molar-refractivity contribution is 6.30. The maximum atomic E-state index is 13.8. The summed E-state index contributed by atoms with van der Waals surface area (Å²) in [7, 11) is 0. The largest absolute Gasteiger partial charge is 0.438 e. The van der Waals surface area contributed by atoms with E-state index in [0.717, 1.165) is 31.5 Å². The number of piperidine rings is 2. The zero-order valence-electron chi connectivity index (χ0n) is 23.0. The van der Waals surface area contributed by atoms with Crippen LogP contribution >= 0.6 is 11.6 Å². The van der Waals surface area contributed by atoms with Crippen LogP contribution in [-0.4, -0.2) is 64.7 Å². The van der Waals surface area contributed by atoms with Crippen LogP contribution in [-0.2, 0) is 16.0 Å². The first-order valence-corrected chi connectivity index (χ1v) is 14.7. The first kappa shape index (κ1) is 28.6. The number of hydrogen-bond acceptors (Lipinski definition) is 5. The van der Waals surface area contributed by atoms with E-state index in [1.54, 1.807) is 47.5 Å². The van der Waals surface area contributed by atoms with Gasteiger partial charge in [-0.25, -0.2) is 4.98 Å². The van der Waals surface area contributed by atoms with Gasteiger partial charge in [0.05, 0.1) is 0 Å². The summed E-state index contributed by atoms with van der Waals surface area (Å²) in [6.07, 6.45) is 6.46. The van der Waals surface area contributed by atoms with E-state index in [2.05, 4.69) is 10.3 Å². The molecule has 0 aliphatic carbocycles. The van der Waals surface area contributed by atoms with Crippen LogP contribution in [0.2, 0.25) is 5.02 Å². The number of benzene rings is 2. The number of carbonyl (C=O) groups is 3. The lowest BCUT2D eigenvalue weighted by Crippen LogP contribution is -2.53. The lowest BCUT2D eigenvalue weighted by Gasteiger charge is -2.37. The third kappa shape index (κ3) is 7.44. The summed E-state index contributed by atoms with van der Waals surface area (Å²) in [5.74, 6) is 0.177. The Morgan fingerprint density at radius 2 is 1.59 bits per heavy atom. The van der Waals surface area contributed by atoms with Crippen LogP contribution in [0.3, 0.4) is 0 Å². The molecule has 2 saturated heterocycles. The fourth-order valence-electron chi connectivity index (χ4n) is 5.48. The SMILES string of the molecule is O=C(N[C@H](Cc1ccccc1)C(=O)N1CCC(C(=O)N2CCCCC2)CC1)c1cccnc1Oc1ccc(Cl)cc1. The molecule has 8 nitrogen and oxygen atoms in total. The first-order chi connectivity index (χ1) is 20.0. The molecule has 0 radical (unpaired) electrons. The fourth-order valence-corrected chi connectivity index (χ4v) is 5.61. The van der Waals surface area contributed by atoms with Gasteiger partial charge in [-0.1, -0.05) is 41.9 Å². The Balaban J connectivity index is 1.28. The molecular formula is C32H35ClN4O4. The Kier molecular flexibility index (Phi) is 9.51. The molecule has 2 aliphatic heterocycles. The van der Waals surface area contributed by atoms with Crippen LogP contribution in [0.4, 0.5) is 0 Å². The van der Waals surface area contributed by atoms with Crippen LogP contribution in [0.15, 0.2) is 72.9 Å². The third-order valence-electron chi connectivity index (χ3n) is 7.75. The number of aromatic nitrogens is 1. The highest BCUT2D eigenvalue weighted by Crippen LogP contribution is 2.26. The fraction of sp³-hybridized carbons (Fsp3) is 0.375. The molecular weight excluding hydrogens is 540 g/mol. The zero-order valence-corrected chi connectivity index (χ0v) is 23.8. The van der Waals surface area contributed by atoms with Crippen molar-refractivity contribution in [1.29, 1.82) is 0 Å². The van der Waals surface area contributed by atoms with Crippen molar-refractivity contribution in [3.05, 3.63) is 89.1 Å². The van der Waals surface area contributed by atoms with Gasteiger partial charge in [-0.2, -0.15) is 0 Å². The monoisotopic (exact) mass is 574 g/mol. The highest BCUT2D eigenvalue weighted by Gasteiger charge is 2.34. The smallest absolute Gasteiger partial charge is 0.257 e. The molecule has 2 aliphatic rings. The van der Waals surface area contributed by atoms with E-state index in [1.807, 2.05) is 35.2 Å². The van der Waals surface area contributed by atoms with Crippen LogP contribution in [0.5, 0.6) is 11.6 Å². The Morgan fingerprint density at radius 1 is 0.878 bits per heavy atom. The number of likely N-dealkylation sites (tertiary alicyclic amines) is 2. The average Bonchev–Trinajstić information content (AvgIpc) is 3.02. The summed E-state index contributed by atoms with van der Waals surface area (Å²) in [4.78, 5) is 48.4. The molecule has 41 heavy (non-hydrogen) atoms. The number of amides is 3. The molecule has 2 fully saturated rings. The highest BCUT2D eigenvalue weighted by atomic mass is 35.5. The van der Waals surface area contributed by atoms with E-state index < -0.39 is 11.9 Å². The maximum absolute atomic E-state index is 13.8. The summed E-state index contributed by atoms with van der Waals surface area (Å²) in [5.41, 5.74) is 1.16. The van der Waals surface area contributed by atoms with Gasteiger partial charge in [-0.05, 0) is 74.1 Å². The summed E-state index contributed by atoms with van der Waals surface area (Å²) < 4.78 is 5.88. The van der Waals surface area contributed by atoms with Crippen molar-refractivity contribution in [3.63, 3.8) is 0 Å². The number of halogens is 1. The standard InChI is InChI=1S/C32H35ClN4O4/c33-25-11-13-26(14-12-25)41-30-27(10-7-17-34-30)29(38)35-28(22-23-8-3-1-4-9-23)32(40)37-20-15-24(16-21-37)31(39)36-18-5-2-6-19-36/h1,3-4,7-14,17,24,28H,2,5-6,15-16,18-22H2,(H,35,38)/t28-/m1/s1. The molecule has 214 valence electrons. The first-order valence-electron chi connectivity index (χ1n) is 14.3. The van der Waals surface area contributed by atoms with E-state index in [-0.39, 0.29) is 29.2 Å². The quantitative estimate of drug-likeness (QED) is 0.403. The van der Waals surface area contributed by atoms with E-state index in [9.17, 15) is 14.4 Å². The molecule has 3 amide bonds. The van der Waals surface area contributed by atoms with E-state index in [0.29, 0.717) is 43.1 Å². The summed E-state index contributed by atoms with van der Waals surface area (Å²) in [6, 6.07) is 18.9. The van der Waals surface area contributed by atoms with E-state index in [4.69, 9.17) is 16.3 Å². The minimum absolute atomic E-state index is 0.0534. The van der Waals surface area contributed by atoms with E-state index >= 15 is 0 Å². The Labute approximate surface area is 245 Å². The van der Waals surface area contributed by atoms with Crippen LogP contribution in [0.25, 0.3) is 0 Å². The van der Waals surface area contributed by atoms with Crippen molar-refractivity contribution in [1.82, 2.24) is 20.1 Å². The second kappa shape index (κ2) is 13.6. The van der Waals surface area contributed by atoms with Crippen molar-refractivity contribution in [2.75, 3.05) is 26.2 Å².